The van der Waals surface area contributed by atoms with Gasteiger partial charge >= 0.3 is 0 Å². The minimum atomic E-state index is -0.189. The molecule has 0 unspecified atom stereocenters. The predicted octanol–water partition coefficient (Wildman–Crippen LogP) is 2.42. The number of benzene rings is 1. The van der Waals surface area contributed by atoms with Crippen LogP contribution in [0, 0.1) is 11.3 Å². The van der Waals surface area contributed by atoms with Gasteiger partial charge in [0.05, 0.1) is 17.7 Å². The van der Waals surface area contributed by atoms with E-state index in [1.807, 2.05) is 6.07 Å². The molecule has 0 saturated carbocycles. The topological polar surface area (TPSA) is 50.1 Å². The summed E-state index contributed by atoms with van der Waals surface area (Å²) in [6.07, 6.45) is 0. The molecule has 0 aromatic heterocycles. The van der Waals surface area contributed by atoms with Crippen LogP contribution in [0.1, 0.15) is 22.8 Å². The van der Waals surface area contributed by atoms with Crippen LogP contribution >= 0.6 is 11.6 Å². The Labute approximate surface area is 86.9 Å². The third kappa shape index (κ3) is 1.86. The first-order valence-electron chi connectivity index (χ1n) is 3.88. The molecule has 1 rings (SSSR count). The highest BCUT2D eigenvalue weighted by Gasteiger charge is 2.11. The third-order valence-corrected chi connectivity index (χ3v) is 2.09. The van der Waals surface area contributed by atoms with E-state index in [4.69, 9.17) is 21.6 Å². The Hall–Kier alpha value is -1.53. The van der Waals surface area contributed by atoms with Crippen molar-refractivity contribution in [2.24, 2.45) is 0 Å². The van der Waals surface area contributed by atoms with Crippen LogP contribution in [0.4, 0.5) is 0 Å². The second kappa shape index (κ2) is 4.12. The molecule has 0 atom stereocenters. The summed E-state index contributed by atoms with van der Waals surface area (Å²) in [4.78, 5) is 11.1. The van der Waals surface area contributed by atoms with Crippen molar-refractivity contribution in [2.45, 2.75) is 6.92 Å². The first kappa shape index (κ1) is 10.6. The minimum absolute atomic E-state index is 0.189. The first-order valence-corrected chi connectivity index (χ1v) is 4.26. The van der Waals surface area contributed by atoms with Gasteiger partial charge in [0.15, 0.2) is 5.78 Å². The van der Waals surface area contributed by atoms with Crippen LogP contribution in [-0.4, -0.2) is 12.9 Å². The number of carbonyl (C=O) groups is 1. The average Bonchev–Trinajstić information content (AvgIpc) is 2.17. The zero-order chi connectivity index (χ0) is 10.7. The Morgan fingerprint density at radius 1 is 1.57 bits per heavy atom. The summed E-state index contributed by atoms with van der Waals surface area (Å²) in [5.74, 6) is 0.208. The molecule has 0 aliphatic heterocycles. The highest BCUT2D eigenvalue weighted by atomic mass is 35.5. The van der Waals surface area contributed by atoms with Crippen molar-refractivity contribution < 1.29 is 9.53 Å². The highest BCUT2D eigenvalue weighted by Crippen LogP contribution is 2.27. The number of nitriles is 1. The van der Waals surface area contributed by atoms with Gasteiger partial charge in [0.2, 0.25) is 0 Å². The SMILES string of the molecule is COc1cc(C#N)c(C(C)=O)cc1Cl. The van der Waals surface area contributed by atoms with E-state index < -0.39 is 0 Å². The van der Waals surface area contributed by atoms with Crippen LogP contribution < -0.4 is 4.74 Å². The van der Waals surface area contributed by atoms with E-state index in [-0.39, 0.29) is 11.3 Å². The quantitative estimate of drug-likeness (QED) is 0.703. The standard InChI is InChI=1S/C10H8ClNO2/c1-6(13)8-4-9(11)10(14-2)3-7(8)5-12/h3-4H,1-2H3. The van der Waals surface area contributed by atoms with Gasteiger partial charge < -0.3 is 4.74 Å². The van der Waals surface area contributed by atoms with Crippen molar-refractivity contribution in [3.63, 3.8) is 0 Å². The molecule has 0 aliphatic carbocycles. The number of halogens is 1. The van der Waals surface area contributed by atoms with Gasteiger partial charge in [-0.05, 0) is 13.0 Å². The molecule has 0 amide bonds. The van der Waals surface area contributed by atoms with E-state index in [1.165, 1.54) is 26.2 Å². The van der Waals surface area contributed by atoms with Gasteiger partial charge in [0.1, 0.15) is 11.8 Å². The van der Waals surface area contributed by atoms with Crippen LogP contribution in [0.3, 0.4) is 0 Å². The fourth-order valence-corrected chi connectivity index (χ4v) is 1.33. The van der Waals surface area contributed by atoms with E-state index in [2.05, 4.69) is 0 Å². The molecule has 72 valence electrons. The van der Waals surface area contributed by atoms with Crippen molar-refractivity contribution in [1.29, 1.82) is 5.26 Å². The minimum Gasteiger partial charge on any atom is -0.495 e. The van der Waals surface area contributed by atoms with Crippen molar-refractivity contribution in [3.05, 3.63) is 28.3 Å². The van der Waals surface area contributed by atoms with Crippen LogP contribution in [0.25, 0.3) is 0 Å². The number of hydrogen-bond acceptors (Lipinski definition) is 3. The van der Waals surface area contributed by atoms with E-state index in [9.17, 15) is 4.79 Å². The summed E-state index contributed by atoms with van der Waals surface area (Å²) in [6, 6.07) is 4.82. The van der Waals surface area contributed by atoms with Crippen molar-refractivity contribution in [3.8, 4) is 11.8 Å². The Kier molecular flexibility index (Phi) is 3.10. The predicted molar refractivity (Wildman–Crippen MR) is 52.7 cm³/mol. The molecule has 1 aromatic carbocycles. The Balaban J connectivity index is 3.41. The van der Waals surface area contributed by atoms with Gasteiger partial charge in [0.25, 0.3) is 0 Å². The molecule has 4 heteroatoms. The summed E-state index contributed by atoms with van der Waals surface area (Å²) in [6.45, 7) is 1.39. The van der Waals surface area contributed by atoms with Crippen LogP contribution in [0.5, 0.6) is 5.75 Å². The molecule has 3 nitrogen and oxygen atoms in total. The number of ether oxygens (including phenoxy) is 1. The van der Waals surface area contributed by atoms with Gasteiger partial charge in [-0.25, -0.2) is 0 Å². The van der Waals surface area contributed by atoms with Crippen LogP contribution in [-0.2, 0) is 0 Å². The third-order valence-electron chi connectivity index (χ3n) is 1.79. The van der Waals surface area contributed by atoms with Gasteiger partial charge in [-0.3, -0.25) is 4.79 Å². The van der Waals surface area contributed by atoms with Crippen molar-refractivity contribution in [1.82, 2.24) is 0 Å². The summed E-state index contributed by atoms with van der Waals surface area (Å²) in [7, 11) is 1.45. The first-order chi connectivity index (χ1) is 6.60. The fourth-order valence-electron chi connectivity index (χ4n) is 1.09. The molecular formula is C10H8ClNO2. The van der Waals surface area contributed by atoms with Gasteiger partial charge in [-0.2, -0.15) is 5.26 Å². The van der Waals surface area contributed by atoms with Crippen LogP contribution in [0.15, 0.2) is 12.1 Å². The summed E-state index contributed by atoms with van der Waals surface area (Å²) < 4.78 is 4.93. The van der Waals surface area contributed by atoms with Gasteiger partial charge in [0, 0.05) is 11.6 Å². The van der Waals surface area contributed by atoms with E-state index in [0.29, 0.717) is 16.3 Å². The fraction of sp³-hybridized carbons (Fsp3) is 0.200. The summed E-state index contributed by atoms with van der Waals surface area (Å²) in [5.41, 5.74) is 0.594. The smallest absolute Gasteiger partial charge is 0.161 e. The van der Waals surface area contributed by atoms with E-state index >= 15 is 0 Å². The maximum absolute atomic E-state index is 11.1. The van der Waals surface area contributed by atoms with E-state index in [0.717, 1.165) is 0 Å². The molecule has 14 heavy (non-hydrogen) atoms. The molecular weight excluding hydrogens is 202 g/mol. The highest BCUT2D eigenvalue weighted by molar-refractivity contribution is 6.32. The lowest BCUT2D eigenvalue weighted by molar-refractivity contribution is 0.101. The lowest BCUT2D eigenvalue weighted by Gasteiger charge is -2.05. The van der Waals surface area contributed by atoms with Gasteiger partial charge in [-0.1, -0.05) is 11.6 Å². The zero-order valence-electron chi connectivity index (χ0n) is 7.80. The largest absolute Gasteiger partial charge is 0.495 e. The van der Waals surface area contributed by atoms with E-state index in [1.54, 1.807) is 0 Å². The molecule has 0 heterocycles. The maximum atomic E-state index is 11.1. The second-order valence-electron chi connectivity index (χ2n) is 2.70. The summed E-state index contributed by atoms with van der Waals surface area (Å²) in [5, 5.41) is 9.11. The lowest BCUT2D eigenvalue weighted by Crippen LogP contribution is -1.98. The number of methoxy groups -OCH3 is 1. The van der Waals surface area contributed by atoms with Crippen molar-refractivity contribution in [2.75, 3.05) is 7.11 Å². The molecule has 0 saturated heterocycles. The zero-order valence-corrected chi connectivity index (χ0v) is 8.55. The van der Waals surface area contributed by atoms with Crippen molar-refractivity contribution >= 4 is 17.4 Å². The van der Waals surface area contributed by atoms with Gasteiger partial charge in [-0.15, -0.1) is 0 Å². The normalized spacial score (nSPS) is 9.29. The number of nitrogens with zero attached hydrogens (tertiary/aromatic N) is 1. The number of rotatable bonds is 2. The molecule has 0 bridgehead atoms. The monoisotopic (exact) mass is 209 g/mol. The Morgan fingerprint density at radius 3 is 2.64 bits per heavy atom. The number of Topliss-reactive ketones (excluding diaryl/α,β-unsaturated/α-hetero) is 1. The van der Waals surface area contributed by atoms with Crippen LogP contribution in [0.2, 0.25) is 5.02 Å². The molecule has 0 fully saturated rings. The Morgan fingerprint density at radius 2 is 2.21 bits per heavy atom. The number of hydrogen-bond donors (Lipinski definition) is 0. The Bertz CT molecular complexity index is 421. The molecule has 0 N–H and O–H groups in total. The number of ketones is 1. The number of carbonyl (C=O) groups excluding carboxylic acids is 1. The molecule has 0 aliphatic rings. The lowest BCUT2D eigenvalue weighted by atomic mass is 10.1. The summed E-state index contributed by atoms with van der Waals surface area (Å²) >= 11 is 5.82. The molecule has 1 aromatic rings. The molecule has 0 radical (unpaired) electrons. The second-order valence-corrected chi connectivity index (χ2v) is 3.11. The maximum Gasteiger partial charge on any atom is 0.161 e. The average molecular weight is 210 g/mol. The molecule has 0 spiro atoms.